The number of pyridine rings is 1. The smallest absolute Gasteiger partial charge is 0.408 e. The maximum Gasteiger partial charge on any atom is 0.408 e. The number of alkyl carbamates (subject to hydrolysis) is 1. The van der Waals surface area contributed by atoms with Crippen LogP contribution in [0.4, 0.5) is 10.5 Å². The fourth-order valence-electron chi connectivity index (χ4n) is 2.40. The number of hydrogen-bond donors (Lipinski definition) is 2. The average Bonchev–Trinajstić information content (AvgIpc) is 2.53. The Morgan fingerprint density at radius 2 is 1.81 bits per heavy atom. The van der Waals surface area contributed by atoms with Gasteiger partial charge in [-0.3, -0.25) is 4.79 Å². The van der Waals surface area contributed by atoms with E-state index in [2.05, 4.69) is 10.6 Å². The maximum atomic E-state index is 12.7. The summed E-state index contributed by atoms with van der Waals surface area (Å²) in [5, 5.41) is 5.52. The average molecular weight is 356 g/mol. The van der Waals surface area contributed by atoms with Gasteiger partial charge in [0, 0.05) is 12.5 Å². The quantitative estimate of drug-likeness (QED) is 0.809. The van der Waals surface area contributed by atoms with Crippen molar-refractivity contribution in [2.45, 2.75) is 38.8 Å². The molecule has 0 saturated heterocycles. The van der Waals surface area contributed by atoms with E-state index in [0.717, 1.165) is 5.56 Å². The Bertz CT molecular complexity index is 754. The highest BCUT2D eigenvalue weighted by Gasteiger charge is 2.25. The number of nitrogens with one attached hydrogen (secondary N) is 2. The first-order valence-corrected chi connectivity index (χ1v) is 8.52. The molecule has 6 nitrogen and oxygen atoms in total. The van der Waals surface area contributed by atoms with Crippen LogP contribution in [0.5, 0.6) is 0 Å². The highest BCUT2D eigenvalue weighted by atomic mass is 16.6. The number of aromatic nitrogens is 1. The highest BCUT2D eigenvalue weighted by Crippen LogP contribution is 2.10. The first kappa shape index (κ1) is 19.4. The van der Waals surface area contributed by atoms with E-state index in [-0.39, 0.29) is 5.91 Å². The molecule has 2 amide bonds. The topological polar surface area (TPSA) is 71.3 Å². The standard InChI is InChI=1S/C20H25N3O3/c1-20(2,3)26-19(25)22-17(13-15-9-6-5-7-10-15)18(24)21-16-11-8-12-23(4)14-16/h5-12,14,17H,13H2,1-4H3,(H-,21,22,24,25)/p+1. The molecule has 1 aromatic carbocycles. The van der Waals surface area contributed by atoms with Crippen LogP contribution in [0.3, 0.4) is 0 Å². The zero-order valence-electron chi connectivity index (χ0n) is 15.7. The number of benzene rings is 1. The van der Waals surface area contributed by atoms with Crippen LogP contribution < -0.4 is 15.2 Å². The number of amides is 2. The number of ether oxygens (including phenoxy) is 1. The van der Waals surface area contributed by atoms with Gasteiger partial charge in [0.15, 0.2) is 12.4 Å². The Hall–Kier alpha value is -2.89. The number of rotatable bonds is 5. The number of nitrogens with zero attached hydrogens (tertiary/aromatic N) is 1. The molecule has 138 valence electrons. The van der Waals surface area contributed by atoms with Gasteiger partial charge in [0.2, 0.25) is 5.91 Å². The van der Waals surface area contributed by atoms with E-state index >= 15 is 0 Å². The van der Waals surface area contributed by atoms with Crippen LogP contribution in [0, 0.1) is 0 Å². The van der Waals surface area contributed by atoms with Crippen molar-refractivity contribution in [2.24, 2.45) is 7.05 Å². The molecule has 1 heterocycles. The summed E-state index contributed by atoms with van der Waals surface area (Å²) in [4.78, 5) is 24.9. The fraction of sp³-hybridized carbons (Fsp3) is 0.350. The molecule has 2 aromatic rings. The summed E-state index contributed by atoms with van der Waals surface area (Å²) in [5.41, 5.74) is 0.969. The zero-order valence-corrected chi connectivity index (χ0v) is 15.7. The summed E-state index contributed by atoms with van der Waals surface area (Å²) < 4.78 is 7.13. The first-order chi connectivity index (χ1) is 12.2. The van der Waals surface area contributed by atoms with Crippen molar-refractivity contribution in [3.05, 3.63) is 60.4 Å². The number of carbonyl (C=O) groups excluding carboxylic acids is 2. The molecular formula is C20H26N3O3+. The lowest BCUT2D eigenvalue weighted by Crippen LogP contribution is -2.47. The molecular weight excluding hydrogens is 330 g/mol. The van der Waals surface area contributed by atoms with E-state index in [1.807, 2.05) is 54.2 Å². The summed E-state index contributed by atoms with van der Waals surface area (Å²) in [6.45, 7) is 5.34. The van der Waals surface area contributed by atoms with Gasteiger partial charge in [-0.05, 0) is 32.4 Å². The molecule has 0 aliphatic rings. The molecule has 0 bridgehead atoms. The maximum absolute atomic E-state index is 12.7. The molecule has 1 aromatic heterocycles. The summed E-state index contributed by atoms with van der Waals surface area (Å²) in [6, 6.07) is 12.4. The molecule has 26 heavy (non-hydrogen) atoms. The monoisotopic (exact) mass is 356 g/mol. The highest BCUT2D eigenvalue weighted by molar-refractivity contribution is 5.96. The van der Waals surface area contributed by atoms with E-state index in [4.69, 9.17) is 4.74 Å². The zero-order chi connectivity index (χ0) is 19.2. The predicted molar refractivity (Wildman–Crippen MR) is 99.6 cm³/mol. The lowest BCUT2D eigenvalue weighted by Gasteiger charge is -2.23. The lowest BCUT2D eigenvalue weighted by molar-refractivity contribution is -0.670. The van der Waals surface area contributed by atoms with Gasteiger partial charge < -0.3 is 15.4 Å². The van der Waals surface area contributed by atoms with Crippen LogP contribution in [-0.4, -0.2) is 23.6 Å². The third-order valence-electron chi connectivity index (χ3n) is 3.50. The van der Waals surface area contributed by atoms with Crippen LogP contribution in [-0.2, 0) is 23.0 Å². The molecule has 1 unspecified atom stereocenters. The van der Waals surface area contributed by atoms with E-state index in [0.29, 0.717) is 12.1 Å². The van der Waals surface area contributed by atoms with Crippen molar-refractivity contribution in [1.82, 2.24) is 5.32 Å². The van der Waals surface area contributed by atoms with Crippen LogP contribution in [0.2, 0.25) is 0 Å². The van der Waals surface area contributed by atoms with Crippen molar-refractivity contribution >= 4 is 17.7 Å². The second-order valence-corrected chi connectivity index (χ2v) is 7.14. The summed E-state index contributed by atoms with van der Waals surface area (Å²) in [7, 11) is 1.87. The fourth-order valence-corrected chi connectivity index (χ4v) is 2.40. The van der Waals surface area contributed by atoms with Crippen molar-refractivity contribution in [2.75, 3.05) is 5.32 Å². The Labute approximate surface area is 154 Å². The van der Waals surface area contributed by atoms with Crippen LogP contribution in [0.15, 0.2) is 54.9 Å². The molecule has 6 heteroatoms. The van der Waals surface area contributed by atoms with Gasteiger partial charge in [0.1, 0.15) is 24.4 Å². The van der Waals surface area contributed by atoms with Crippen molar-refractivity contribution in [3.63, 3.8) is 0 Å². The Morgan fingerprint density at radius 3 is 2.42 bits per heavy atom. The van der Waals surface area contributed by atoms with Crippen molar-refractivity contribution < 1.29 is 18.9 Å². The van der Waals surface area contributed by atoms with E-state index in [9.17, 15) is 9.59 Å². The summed E-state index contributed by atoms with van der Waals surface area (Å²) in [5.74, 6) is -0.300. The molecule has 0 radical (unpaired) electrons. The molecule has 0 spiro atoms. The van der Waals surface area contributed by atoms with Gasteiger partial charge in [-0.1, -0.05) is 30.3 Å². The molecule has 1 atom stereocenters. The van der Waals surface area contributed by atoms with Gasteiger partial charge >= 0.3 is 6.09 Å². The minimum atomic E-state index is -0.752. The normalized spacial score (nSPS) is 12.2. The van der Waals surface area contributed by atoms with Gasteiger partial charge in [-0.15, -0.1) is 0 Å². The molecule has 2 N–H and O–H groups in total. The summed E-state index contributed by atoms with van der Waals surface area (Å²) in [6.07, 6.45) is 3.42. The SMILES string of the molecule is C[n+]1cccc(NC(=O)C(Cc2ccccc2)NC(=O)OC(C)(C)C)c1. The Balaban J connectivity index is 2.13. The largest absolute Gasteiger partial charge is 0.444 e. The molecule has 0 aliphatic carbocycles. The Morgan fingerprint density at radius 1 is 1.12 bits per heavy atom. The first-order valence-electron chi connectivity index (χ1n) is 8.52. The van der Waals surface area contributed by atoms with Gasteiger partial charge in [0.25, 0.3) is 0 Å². The van der Waals surface area contributed by atoms with Crippen molar-refractivity contribution in [1.29, 1.82) is 0 Å². The minimum absolute atomic E-state index is 0.300. The molecule has 0 fully saturated rings. The summed E-state index contributed by atoms with van der Waals surface area (Å²) >= 11 is 0. The van der Waals surface area contributed by atoms with Crippen LogP contribution in [0.25, 0.3) is 0 Å². The number of aryl methyl sites for hydroxylation is 1. The van der Waals surface area contributed by atoms with Crippen LogP contribution in [0.1, 0.15) is 26.3 Å². The number of hydrogen-bond acceptors (Lipinski definition) is 3. The van der Waals surface area contributed by atoms with Crippen LogP contribution >= 0.6 is 0 Å². The second-order valence-electron chi connectivity index (χ2n) is 7.14. The van der Waals surface area contributed by atoms with E-state index in [1.54, 1.807) is 33.0 Å². The van der Waals surface area contributed by atoms with Gasteiger partial charge in [-0.25, -0.2) is 9.36 Å². The third-order valence-corrected chi connectivity index (χ3v) is 3.50. The molecule has 0 saturated carbocycles. The lowest BCUT2D eigenvalue weighted by atomic mass is 10.1. The third kappa shape index (κ3) is 6.55. The molecule has 2 rings (SSSR count). The predicted octanol–water partition coefficient (Wildman–Crippen LogP) is 2.59. The Kier molecular flexibility index (Phi) is 6.33. The van der Waals surface area contributed by atoms with Crippen molar-refractivity contribution in [3.8, 4) is 0 Å². The number of carbonyl (C=O) groups is 2. The minimum Gasteiger partial charge on any atom is -0.444 e. The van der Waals surface area contributed by atoms with Gasteiger partial charge in [0.05, 0.1) is 0 Å². The molecule has 0 aliphatic heterocycles. The van der Waals surface area contributed by atoms with E-state index < -0.39 is 17.7 Å². The number of anilines is 1. The second kappa shape index (κ2) is 8.47. The van der Waals surface area contributed by atoms with Gasteiger partial charge in [-0.2, -0.15) is 0 Å². The van der Waals surface area contributed by atoms with E-state index in [1.165, 1.54) is 0 Å².